The van der Waals surface area contributed by atoms with E-state index in [1.807, 2.05) is 31.2 Å². The zero-order valence-corrected chi connectivity index (χ0v) is 14.2. The molecule has 0 saturated heterocycles. The van der Waals surface area contributed by atoms with Crippen LogP contribution in [0, 0.1) is 6.92 Å². The number of hydrogen-bond donors (Lipinski definition) is 2. The molecule has 1 aliphatic rings. The number of thioether (sulfide) groups is 1. The number of primary amides is 1. The molecule has 1 saturated carbocycles. The van der Waals surface area contributed by atoms with E-state index < -0.39 is 5.91 Å². The molecule has 2 amide bonds. The zero-order valence-electron chi connectivity index (χ0n) is 13.4. The van der Waals surface area contributed by atoms with Crippen LogP contribution in [0.25, 0.3) is 0 Å². The van der Waals surface area contributed by atoms with E-state index in [2.05, 4.69) is 15.5 Å². The van der Waals surface area contributed by atoms with Gasteiger partial charge in [0.15, 0.2) is 5.16 Å². The molecule has 1 aromatic heterocycles. The maximum atomic E-state index is 12.1. The largest absolute Gasteiger partial charge is 0.368 e. The summed E-state index contributed by atoms with van der Waals surface area (Å²) < 4.78 is 1.73. The van der Waals surface area contributed by atoms with Gasteiger partial charge in [-0.05, 0) is 31.4 Å². The van der Waals surface area contributed by atoms with Crippen LogP contribution in [0.1, 0.15) is 30.1 Å². The molecule has 1 aliphatic carbocycles. The number of nitrogens with zero attached hydrogens (tertiary/aromatic N) is 3. The van der Waals surface area contributed by atoms with Crippen molar-refractivity contribution in [3.63, 3.8) is 0 Å². The Bertz CT molecular complexity index is 770. The highest BCUT2D eigenvalue weighted by atomic mass is 32.2. The molecule has 0 radical (unpaired) electrons. The lowest BCUT2D eigenvalue weighted by Crippen LogP contribution is -2.21. The molecule has 1 fully saturated rings. The molecular weight excluding hydrogens is 326 g/mol. The van der Waals surface area contributed by atoms with E-state index in [4.69, 9.17) is 5.73 Å². The Hall–Kier alpha value is -2.35. The second kappa shape index (κ2) is 7.04. The number of carbonyl (C=O) groups is 2. The van der Waals surface area contributed by atoms with Crippen molar-refractivity contribution in [3.8, 4) is 0 Å². The highest BCUT2D eigenvalue weighted by Crippen LogP contribution is 2.40. The minimum atomic E-state index is -0.442. The average molecular weight is 345 g/mol. The first-order valence-corrected chi connectivity index (χ1v) is 8.73. The fraction of sp³-hybridized carbons (Fsp3) is 0.375. The summed E-state index contributed by atoms with van der Waals surface area (Å²) in [7, 11) is 0. The third-order valence-corrected chi connectivity index (χ3v) is 4.72. The van der Waals surface area contributed by atoms with Crippen molar-refractivity contribution in [3.05, 3.63) is 35.7 Å². The highest BCUT2D eigenvalue weighted by molar-refractivity contribution is 7.99. The van der Waals surface area contributed by atoms with Crippen LogP contribution in [0.4, 0.5) is 5.69 Å². The molecule has 24 heavy (non-hydrogen) atoms. The topological polar surface area (TPSA) is 103 Å². The van der Waals surface area contributed by atoms with Crippen molar-refractivity contribution in [2.75, 3.05) is 11.1 Å². The summed E-state index contributed by atoms with van der Waals surface area (Å²) >= 11 is 1.26. The van der Waals surface area contributed by atoms with Crippen LogP contribution in [0.3, 0.4) is 0 Å². The number of aromatic nitrogens is 3. The molecule has 3 N–H and O–H groups in total. The van der Waals surface area contributed by atoms with Gasteiger partial charge >= 0.3 is 0 Å². The lowest BCUT2D eigenvalue weighted by atomic mass is 10.2. The van der Waals surface area contributed by atoms with Gasteiger partial charge in [-0.2, -0.15) is 0 Å². The van der Waals surface area contributed by atoms with E-state index in [0.29, 0.717) is 11.1 Å². The van der Waals surface area contributed by atoms with E-state index in [-0.39, 0.29) is 18.2 Å². The van der Waals surface area contributed by atoms with E-state index in [1.54, 1.807) is 4.57 Å². The van der Waals surface area contributed by atoms with Gasteiger partial charge in [0.05, 0.1) is 5.75 Å². The van der Waals surface area contributed by atoms with Gasteiger partial charge in [0.1, 0.15) is 12.4 Å². The number of nitrogens with two attached hydrogens (primary N) is 1. The first kappa shape index (κ1) is 16.5. The Kier molecular flexibility index (Phi) is 4.84. The standard InChI is InChI=1S/C16H19N5O2S/c1-10-4-2-3-5-12(10)18-14(23)9-24-16-20-19-15(11-6-7-11)21(16)8-13(17)22/h2-5,11H,6-9H2,1H3,(H2,17,22)(H,18,23). The first-order chi connectivity index (χ1) is 11.5. The van der Waals surface area contributed by atoms with E-state index in [1.165, 1.54) is 11.8 Å². The molecule has 0 atom stereocenters. The van der Waals surface area contributed by atoms with Crippen LogP contribution in [0.5, 0.6) is 0 Å². The summed E-state index contributed by atoms with van der Waals surface area (Å²) in [6.07, 6.45) is 2.10. The Morgan fingerprint density at radius 3 is 2.75 bits per heavy atom. The number of amides is 2. The Morgan fingerprint density at radius 1 is 1.33 bits per heavy atom. The van der Waals surface area contributed by atoms with Gasteiger partial charge in [0.2, 0.25) is 11.8 Å². The van der Waals surface area contributed by atoms with Gasteiger partial charge in [-0.1, -0.05) is 30.0 Å². The smallest absolute Gasteiger partial charge is 0.237 e. The quantitative estimate of drug-likeness (QED) is 0.743. The van der Waals surface area contributed by atoms with E-state index in [0.717, 1.165) is 29.9 Å². The molecule has 0 bridgehead atoms. The molecule has 2 aromatic rings. The van der Waals surface area contributed by atoms with Crippen LogP contribution < -0.4 is 11.1 Å². The SMILES string of the molecule is Cc1ccccc1NC(=O)CSc1nnc(C2CC2)n1CC(N)=O. The van der Waals surface area contributed by atoms with E-state index >= 15 is 0 Å². The second-order valence-corrected chi connectivity index (χ2v) is 6.76. The predicted molar refractivity (Wildman–Crippen MR) is 91.7 cm³/mol. The molecule has 126 valence electrons. The van der Waals surface area contributed by atoms with Gasteiger partial charge in [-0.25, -0.2) is 0 Å². The summed E-state index contributed by atoms with van der Waals surface area (Å²) in [5.74, 6) is 0.761. The number of nitrogens with one attached hydrogen (secondary N) is 1. The number of rotatable bonds is 7. The first-order valence-electron chi connectivity index (χ1n) is 7.74. The lowest BCUT2D eigenvalue weighted by Gasteiger charge is -2.09. The average Bonchev–Trinajstić information content (AvgIpc) is 3.30. The number of para-hydroxylation sites is 1. The second-order valence-electron chi connectivity index (χ2n) is 5.82. The van der Waals surface area contributed by atoms with Crippen LogP contribution in [0.15, 0.2) is 29.4 Å². The molecule has 8 heteroatoms. The van der Waals surface area contributed by atoms with Crippen LogP contribution in [-0.2, 0) is 16.1 Å². The van der Waals surface area contributed by atoms with Crippen molar-refractivity contribution in [2.24, 2.45) is 5.73 Å². The monoisotopic (exact) mass is 345 g/mol. The van der Waals surface area contributed by atoms with Gasteiger partial charge in [-0.15, -0.1) is 10.2 Å². The summed E-state index contributed by atoms with van der Waals surface area (Å²) in [6.45, 7) is 1.98. The highest BCUT2D eigenvalue weighted by Gasteiger charge is 2.31. The number of carbonyl (C=O) groups excluding carboxylic acids is 2. The minimum Gasteiger partial charge on any atom is -0.368 e. The third-order valence-electron chi connectivity index (χ3n) is 3.75. The summed E-state index contributed by atoms with van der Waals surface area (Å²) in [5.41, 5.74) is 7.11. The molecule has 7 nitrogen and oxygen atoms in total. The molecular formula is C16H19N5O2S. The van der Waals surface area contributed by atoms with Gasteiger partial charge in [0.25, 0.3) is 0 Å². The van der Waals surface area contributed by atoms with Crippen molar-refractivity contribution in [1.82, 2.24) is 14.8 Å². The molecule has 0 unspecified atom stereocenters. The Balaban J connectivity index is 1.64. The van der Waals surface area contributed by atoms with Crippen molar-refractivity contribution >= 4 is 29.3 Å². The van der Waals surface area contributed by atoms with Crippen LogP contribution in [0.2, 0.25) is 0 Å². The molecule has 1 heterocycles. The van der Waals surface area contributed by atoms with Crippen molar-refractivity contribution in [2.45, 2.75) is 37.4 Å². The Morgan fingerprint density at radius 2 is 2.08 bits per heavy atom. The summed E-state index contributed by atoms with van der Waals surface area (Å²) in [6, 6.07) is 7.60. The third kappa shape index (κ3) is 3.94. The van der Waals surface area contributed by atoms with Gasteiger partial charge < -0.3 is 11.1 Å². The molecule has 3 rings (SSSR count). The lowest BCUT2D eigenvalue weighted by molar-refractivity contribution is -0.118. The summed E-state index contributed by atoms with van der Waals surface area (Å²) in [5, 5.41) is 11.7. The fourth-order valence-corrected chi connectivity index (χ4v) is 3.13. The maximum absolute atomic E-state index is 12.1. The maximum Gasteiger partial charge on any atom is 0.237 e. The molecule has 0 aliphatic heterocycles. The molecule has 0 spiro atoms. The number of hydrogen-bond acceptors (Lipinski definition) is 5. The van der Waals surface area contributed by atoms with Crippen LogP contribution in [-0.4, -0.2) is 32.3 Å². The normalized spacial score (nSPS) is 13.7. The number of anilines is 1. The van der Waals surface area contributed by atoms with Crippen molar-refractivity contribution < 1.29 is 9.59 Å². The van der Waals surface area contributed by atoms with Crippen LogP contribution >= 0.6 is 11.8 Å². The van der Waals surface area contributed by atoms with Crippen molar-refractivity contribution in [1.29, 1.82) is 0 Å². The predicted octanol–water partition coefficient (Wildman–Crippen LogP) is 1.68. The number of aryl methyl sites for hydroxylation is 1. The van der Waals surface area contributed by atoms with E-state index in [9.17, 15) is 9.59 Å². The fourth-order valence-electron chi connectivity index (χ4n) is 2.38. The zero-order chi connectivity index (χ0) is 17.1. The molecule has 1 aromatic carbocycles. The summed E-state index contributed by atoms with van der Waals surface area (Å²) in [4.78, 5) is 23.4. The van der Waals surface area contributed by atoms with Gasteiger partial charge in [0, 0.05) is 11.6 Å². The minimum absolute atomic E-state index is 0.0422. The van der Waals surface area contributed by atoms with Gasteiger partial charge in [-0.3, -0.25) is 14.2 Å². The number of benzene rings is 1. The Labute approximate surface area is 144 Å².